The summed E-state index contributed by atoms with van der Waals surface area (Å²) < 4.78 is 13.1. The lowest BCUT2D eigenvalue weighted by atomic mass is 10.0. The van der Waals surface area contributed by atoms with Gasteiger partial charge >= 0.3 is 0 Å². The van der Waals surface area contributed by atoms with Crippen LogP contribution in [0.1, 0.15) is 30.9 Å². The molecule has 5 nitrogen and oxygen atoms in total. The van der Waals surface area contributed by atoms with Gasteiger partial charge in [0.2, 0.25) is 0 Å². The number of methoxy groups -OCH3 is 2. The highest BCUT2D eigenvalue weighted by Gasteiger charge is 2.28. The maximum atomic E-state index is 6.22. The molecule has 2 atom stereocenters. The Hall–Kier alpha value is -2.01. The van der Waals surface area contributed by atoms with Crippen LogP contribution in [0.2, 0.25) is 0 Å². The minimum atomic E-state index is 0.181. The summed E-state index contributed by atoms with van der Waals surface area (Å²) in [5, 5.41) is 0. The van der Waals surface area contributed by atoms with Gasteiger partial charge in [0.1, 0.15) is 17.3 Å². The molecule has 2 aromatic rings. The van der Waals surface area contributed by atoms with Gasteiger partial charge in [0.25, 0.3) is 0 Å². The molecule has 0 saturated heterocycles. The van der Waals surface area contributed by atoms with Crippen LogP contribution in [-0.2, 0) is 6.42 Å². The van der Waals surface area contributed by atoms with E-state index in [9.17, 15) is 0 Å². The van der Waals surface area contributed by atoms with Crippen LogP contribution in [0.15, 0.2) is 18.2 Å². The number of ether oxygens (including phenoxy) is 2. The molecular formula is C17H23N3O2. The number of benzene rings is 1. The van der Waals surface area contributed by atoms with E-state index in [1.807, 2.05) is 18.2 Å². The van der Waals surface area contributed by atoms with Crippen molar-refractivity contribution < 1.29 is 9.47 Å². The molecular weight excluding hydrogens is 278 g/mol. The Morgan fingerprint density at radius 3 is 2.73 bits per heavy atom. The third-order valence-electron chi connectivity index (χ3n) is 4.61. The summed E-state index contributed by atoms with van der Waals surface area (Å²) in [6.07, 6.45) is 1.89. The van der Waals surface area contributed by atoms with Crippen LogP contribution >= 0.6 is 0 Å². The lowest BCUT2D eigenvalue weighted by Crippen LogP contribution is -2.36. The van der Waals surface area contributed by atoms with E-state index in [4.69, 9.17) is 20.2 Å². The molecule has 0 saturated carbocycles. The third-order valence-corrected chi connectivity index (χ3v) is 4.61. The molecule has 1 aliphatic heterocycles. The molecule has 22 heavy (non-hydrogen) atoms. The highest BCUT2D eigenvalue weighted by atomic mass is 16.5. The van der Waals surface area contributed by atoms with Crippen LogP contribution in [0.5, 0.6) is 11.5 Å². The first-order chi connectivity index (χ1) is 10.6. The fraction of sp³-hybridized carbons (Fsp3) is 0.471. The highest BCUT2D eigenvalue weighted by molar-refractivity contribution is 5.71. The fourth-order valence-corrected chi connectivity index (χ4v) is 3.27. The summed E-state index contributed by atoms with van der Waals surface area (Å²) in [7, 11) is 3.34. The Labute approximate surface area is 131 Å². The average molecular weight is 301 g/mol. The molecule has 0 spiro atoms. The quantitative estimate of drug-likeness (QED) is 0.947. The summed E-state index contributed by atoms with van der Waals surface area (Å²) in [4.78, 5) is 4.86. The topological polar surface area (TPSA) is 62.3 Å². The molecule has 2 N–H and O–H groups in total. The maximum Gasteiger partial charge on any atom is 0.128 e. The molecule has 0 amide bonds. The normalized spacial score (nSPS) is 20.6. The van der Waals surface area contributed by atoms with Crippen molar-refractivity contribution >= 4 is 0 Å². The maximum absolute atomic E-state index is 6.22. The smallest absolute Gasteiger partial charge is 0.128 e. The molecule has 2 unspecified atom stereocenters. The zero-order valence-electron chi connectivity index (χ0n) is 13.6. The molecule has 3 rings (SSSR count). The first-order valence-electron chi connectivity index (χ1n) is 7.62. The molecule has 0 aliphatic carbocycles. The van der Waals surface area contributed by atoms with Gasteiger partial charge < -0.3 is 19.8 Å². The summed E-state index contributed by atoms with van der Waals surface area (Å²) in [5.74, 6) is 2.70. The molecule has 0 bridgehead atoms. The van der Waals surface area contributed by atoms with Crippen molar-refractivity contribution in [3.05, 3.63) is 29.7 Å². The number of imidazole rings is 1. The van der Waals surface area contributed by atoms with Crippen molar-refractivity contribution in [3.8, 4) is 22.8 Å². The molecule has 0 radical (unpaired) electrons. The van der Waals surface area contributed by atoms with Gasteiger partial charge in [-0.1, -0.05) is 0 Å². The molecule has 1 aliphatic rings. The molecule has 1 aromatic heterocycles. The van der Waals surface area contributed by atoms with Gasteiger partial charge in [-0.3, -0.25) is 0 Å². The highest BCUT2D eigenvalue weighted by Crippen LogP contribution is 2.37. The standard InChI is InChI=1S/C17H23N3O2/c1-10-14(18)6-8-16-19-17(11(2)20(10)16)13-9-12(21-3)5-7-15(13)22-4/h5,7,9-10,14H,6,8,18H2,1-4H3. The van der Waals surface area contributed by atoms with E-state index < -0.39 is 0 Å². The molecule has 1 aromatic carbocycles. The SMILES string of the molecule is COc1ccc(OC)c(-c2nc3n(c2C)C(C)C(N)CC3)c1. The monoisotopic (exact) mass is 301 g/mol. The second kappa shape index (κ2) is 5.65. The minimum absolute atomic E-state index is 0.181. The van der Waals surface area contributed by atoms with E-state index in [0.717, 1.165) is 47.1 Å². The van der Waals surface area contributed by atoms with Gasteiger partial charge in [-0.05, 0) is 38.5 Å². The second-order valence-corrected chi connectivity index (χ2v) is 5.84. The first-order valence-corrected chi connectivity index (χ1v) is 7.62. The Bertz CT molecular complexity index is 693. The Balaban J connectivity index is 2.16. The van der Waals surface area contributed by atoms with Crippen LogP contribution in [0.3, 0.4) is 0 Å². The van der Waals surface area contributed by atoms with Gasteiger partial charge in [-0.25, -0.2) is 4.98 Å². The molecule has 0 fully saturated rings. The van der Waals surface area contributed by atoms with Crippen LogP contribution in [0.4, 0.5) is 0 Å². The summed E-state index contributed by atoms with van der Waals surface area (Å²) in [6.45, 7) is 4.26. The Kier molecular flexibility index (Phi) is 3.83. The van der Waals surface area contributed by atoms with E-state index in [1.165, 1.54) is 0 Å². The Morgan fingerprint density at radius 2 is 2.05 bits per heavy atom. The van der Waals surface area contributed by atoms with Crippen molar-refractivity contribution in [2.75, 3.05) is 14.2 Å². The van der Waals surface area contributed by atoms with E-state index in [-0.39, 0.29) is 12.1 Å². The number of hydrogen-bond acceptors (Lipinski definition) is 4. The summed E-state index contributed by atoms with van der Waals surface area (Å²) in [5.41, 5.74) is 9.26. The predicted octanol–water partition coefficient (Wildman–Crippen LogP) is 2.71. The molecule has 5 heteroatoms. The average Bonchev–Trinajstić information content (AvgIpc) is 2.87. The zero-order chi connectivity index (χ0) is 15.9. The predicted molar refractivity (Wildman–Crippen MR) is 86.5 cm³/mol. The number of aryl methyl sites for hydroxylation is 1. The number of rotatable bonds is 3. The Morgan fingerprint density at radius 1 is 1.27 bits per heavy atom. The van der Waals surface area contributed by atoms with Crippen molar-refractivity contribution in [1.29, 1.82) is 0 Å². The number of hydrogen-bond donors (Lipinski definition) is 1. The van der Waals surface area contributed by atoms with Crippen LogP contribution in [0, 0.1) is 6.92 Å². The summed E-state index contributed by atoms with van der Waals surface area (Å²) in [6, 6.07) is 6.24. The lowest BCUT2D eigenvalue weighted by Gasteiger charge is -2.29. The minimum Gasteiger partial charge on any atom is -0.497 e. The number of nitrogens with zero attached hydrogens (tertiary/aromatic N) is 2. The molecule has 2 heterocycles. The van der Waals surface area contributed by atoms with Gasteiger partial charge in [0.15, 0.2) is 0 Å². The third kappa shape index (κ3) is 2.25. The van der Waals surface area contributed by atoms with E-state index in [1.54, 1.807) is 14.2 Å². The van der Waals surface area contributed by atoms with E-state index in [2.05, 4.69) is 18.4 Å². The largest absolute Gasteiger partial charge is 0.497 e. The number of aromatic nitrogens is 2. The van der Waals surface area contributed by atoms with Crippen LogP contribution in [0.25, 0.3) is 11.3 Å². The number of fused-ring (bicyclic) bond motifs is 1. The summed E-state index contributed by atoms with van der Waals surface area (Å²) >= 11 is 0. The van der Waals surface area contributed by atoms with Crippen LogP contribution < -0.4 is 15.2 Å². The lowest BCUT2D eigenvalue weighted by molar-refractivity contribution is 0.363. The van der Waals surface area contributed by atoms with Crippen molar-refractivity contribution in [3.63, 3.8) is 0 Å². The fourth-order valence-electron chi connectivity index (χ4n) is 3.27. The molecule has 118 valence electrons. The van der Waals surface area contributed by atoms with Crippen molar-refractivity contribution in [1.82, 2.24) is 9.55 Å². The van der Waals surface area contributed by atoms with Gasteiger partial charge in [-0.15, -0.1) is 0 Å². The van der Waals surface area contributed by atoms with Crippen molar-refractivity contribution in [2.24, 2.45) is 5.73 Å². The van der Waals surface area contributed by atoms with Gasteiger partial charge in [0.05, 0.1) is 19.9 Å². The first kappa shape index (κ1) is 14.9. The van der Waals surface area contributed by atoms with E-state index >= 15 is 0 Å². The zero-order valence-corrected chi connectivity index (χ0v) is 13.6. The second-order valence-electron chi connectivity index (χ2n) is 5.84. The van der Waals surface area contributed by atoms with Crippen LogP contribution in [-0.4, -0.2) is 29.8 Å². The van der Waals surface area contributed by atoms with Gasteiger partial charge in [-0.2, -0.15) is 0 Å². The van der Waals surface area contributed by atoms with Gasteiger partial charge in [0, 0.05) is 29.8 Å². The van der Waals surface area contributed by atoms with Crippen molar-refractivity contribution in [2.45, 2.75) is 38.8 Å². The van der Waals surface area contributed by atoms with E-state index in [0.29, 0.717) is 0 Å². The number of nitrogens with two attached hydrogens (primary N) is 1.